The number of hydrogen-bond acceptors (Lipinski definition) is 1. The van der Waals surface area contributed by atoms with Crippen molar-refractivity contribution in [1.29, 1.82) is 0 Å². The highest BCUT2D eigenvalue weighted by Gasteiger charge is 2.15. The summed E-state index contributed by atoms with van der Waals surface area (Å²) in [6.45, 7) is 13.9. The fraction of sp³-hybridized carbons (Fsp3) is 1.00. The van der Waals surface area contributed by atoms with E-state index in [1.54, 1.807) is 0 Å². The van der Waals surface area contributed by atoms with Crippen LogP contribution in [-0.2, 0) is 0 Å². The minimum atomic E-state index is 0.479. The van der Waals surface area contributed by atoms with Crippen molar-refractivity contribution in [3.63, 3.8) is 0 Å². The van der Waals surface area contributed by atoms with E-state index in [4.69, 9.17) is 0 Å². The summed E-state index contributed by atoms with van der Waals surface area (Å²) >= 11 is 2.12. The third-order valence-electron chi connectivity index (χ3n) is 2.22. The molecule has 0 aromatic heterocycles. The van der Waals surface area contributed by atoms with Crippen molar-refractivity contribution < 1.29 is 0 Å². The molecule has 0 saturated carbocycles. The van der Waals surface area contributed by atoms with Crippen molar-refractivity contribution in [3.8, 4) is 0 Å². The maximum atomic E-state index is 2.35. The van der Waals surface area contributed by atoms with Crippen LogP contribution in [0.15, 0.2) is 0 Å². The van der Waals surface area contributed by atoms with Crippen molar-refractivity contribution in [2.24, 2.45) is 11.3 Å². The molecule has 2 atom stereocenters. The van der Waals surface area contributed by atoms with Gasteiger partial charge in [0.05, 0.1) is 0 Å². The molecule has 0 aromatic rings. The molecule has 0 amide bonds. The van der Waals surface area contributed by atoms with E-state index in [0.717, 1.165) is 11.2 Å². The van der Waals surface area contributed by atoms with Crippen LogP contribution < -0.4 is 0 Å². The molecule has 0 saturated heterocycles. The zero-order valence-corrected chi connectivity index (χ0v) is 10.3. The van der Waals surface area contributed by atoms with Crippen LogP contribution in [0.2, 0.25) is 0 Å². The van der Waals surface area contributed by atoms with Gasteiger partial charge in [0.15, 0.2) is 0 Å². The second kappa shape index (κ2) is 5.16. The third-order valence-corrected chi connectivity index (χ3v) is 4.25. The SMILES string of the molecule is CCC(C)C(C)SCC(C)(C)C. The molecule has 12 heavy (non-hydrogen) atoms. The topological polar surface area (TPSA) is 0 Å². The number of hydrogen-bond donors (Lipinski definition) is 0. The summed E-state index contributed by atoms with van der Waals surface area (Å²) in [5.74, 6) is 2.13. The van der Waals surface area contributed by atoms with Crippen LogP contribution in [-0.4, -0.2) is 11.0 Å². The maximum absolute atomic E-state index is 2.35. The third kappa shape index (κ3) is 5.93. The van der Waals surface area contributed by atoms with Gasteiger partial charge in [0.25, 0.3) is 0 Å². The van der Waals surface area contributed by atoms with Crippen LogP contribution in [0, 0.1) is 11.3 Å². The molecule has 74 valence electrons. The largest absolute Gasteiger partial charge is 0.158 e. The lowest BCUT2D eigenvalue weighted by Gasteiger charge is -2.23. The Morgan fingerprint density at radius 2 is 1.67 bits per heavy atom. The predicted octanol–water partition coefficient (Wildman–Crippen LogP) is 4.20. The van der Waals surface area contributed by atoms with E-state index in [-0.39, 0.29) is 0 Å². The summed E-state index contributed by atoms with van der Waals surface area (Å²) in [6, 6.07) is 0. The fourth-order valence-corrected chi connectivity index (χ4v) is 2.16. The van der Waals surface area contributed by atoms with Gasteiger partial charge in [-0.2, -0.15) is 11.8 Å². The second-order valence-electron chi connectivity index (χ2n) is 4.96. The number of rotatable bonds is 4. The molecule has 0 bridgehead atoms. The highest BCUT2D eigenvalue weighted by atomic mass is 32.2. The van der Waals surface area contributed by atoms with Gasteiger partial charge in [0.1, 0.15) is 0 Å². The molecule has 0 fully saturated rings. The highest BCUT2D eigenvalue weighted by molar-refractivity contribution is 7.99. The first kappa shape index (κ1) is 12.3. The zero-order valence-electron chi connectivity index (χ0n) is 9.48. The van der Waals surface area contributed by atoms with Crippen molar-refractivity contribution >= 4 is 11.8 Å². The molecule has 0 aliphatic heterocycles. The molecule has 0 aliphatic carbocycles. The summed E-state index contributed by atoms with van der Waals surface area (Å²) in [6.07, 6.45) is 1.30. The highest BCUT2D eigenvalue weighted by Crippen LogP contribution is 2.28. The van der Waals surface area contributed by atoms with E-state index in [2.05, 4.69) is 53.3 Å². The molecule has 0 heterocycles. The van der Waals surface area contributed by atoms with Gasteiger partial charge in [-0.05, 0) is 17.1 Å². The van der Waals surface area contributed by atoms with Crippen LogP contribution in [0.3, 0.4) is 0 Å². The van der Waals surface area contributed by atoms with Crippen LogP contribution in [0.4, 0.5) is 0 Å². The lowest BCUT2D eigenvalue weighted by atomic mass is 10.0. The summed E-state index contributed by atoms with van der Waals surface area (Å²) in [5.41, 5.74) is 0.479. The minimum absolute atomic E-state index is 0.479. The zero-order chi connectivity index (χ0) is 9.78. The predicted molar refractivity (Wildman–Crippen MR) is 60.8 cm³/mol. The lowest BCUT2D eigenvalue weighted by molar-refractivity contribution is 0.476. The average Bonchev–Trinajstić information content (AvgIpc) is 1.97. The molecule has 1 heteroatoms. The molecule has 0 rings (SSSR count). The van der Waals surface area contributed by atoms with Crippen molar-refractivity contribution in [2.75, 3.05) is 5.75 Å². The van der Waals surface area contributed by atoms with Crippen LogP contribution in [0.25, 0.3) is 0 Å². The minimum Gasteiger partial charge on any atom is -0.158 e. The van der Waals surface area contributed by atoms with E-state index < -0.39 is 0 Å². The maximum Gasteiger partial charge on any atom is 0.00444 e. The van der Waals surface area contributed by atoms with E-state index in [1.807, 2.05) is 0 Å². The van der Waals surface area contributed by atoms with Gasteiger partial charge in [-0.3, -0.25) is 0 Å². The summed E-state index contributed by atoms with van der Waals surface area (Å²) in [4.78, 5) is 0. The first-order valence-electron chi connectivity index (χ1n) is 4.98. The Hall–Kier alpha value is 0.350. The van der Waals surface area contributed by atoms with E-state index in [9.17, 15) is 0 Å². The first-order valence-corrected chi connectivity index (χ1v) is 6.03. The van der Waals surface area contributed by atoms with Gasteiger partial charge in [-0.25, -0.2) is 0 Å². The number of thioether (sulfide) groups is 1. The quantitative estimate of drug-likeness (QED) is 0.637. The Balaban J connectivity index is 3.64. The van der Waals surface area contributed by atoms with Crippen molar-refractivity contribution in [2.45, 2.75) is 53.2 Å². The Morgan fingerprint density at radius 3 is 2.00 bits per heavy atom. The van der Waals surface area contributed by atoms with Gasteiger partial charge in [-0.1, -0.05) is 48.0 Å². The Morgan fingerprint density at radius 1 is 1.17 bits per heavy atom. The first-order chi connectivity index (χ1) is 5.37. The summed E-state index contributed by atoms with van der Waals surface area (Å²) in [7, 11) is 0. The molecule has 2 unspecified atom stereocenters. The summed E-state index contributed by atoms with van der Waals surface area (Å²) in [5, 5.41) is 0.814. The molecule has 0 aromatic carbocycles. The summed E-state index contributed by atoms with van der Waals surface area (Å²) < 4.78 is 0. The van der Waals surface area contributed by atoms with Gasteiger partial charge in [0, 0.05) is 5.25 Å². The van der Waals surface area contributed by atoms with E-state index >= 15 is 0 Å². The standard InChI is InChI=1S/C11H24S/c1-7-9(2)10(3)12-8-11(4,5)6/h9-10H,7-8H2,1-6H3. The lowest BCUT2D eigenvalue weighted by Crippen LogP contribution is -2.15. The second-order valence-corrected chi connectivity index (χ2v) is 6.33. The Labute approximate surface area is 82.5 Å². The molecular weight excluding hydrogens is 164 g/mol. The van der Waals surface area contributed by atoms with E-state index in [1.165, 1.54) is 12.2 Å². The van der Waals surface area contributed by atoms with Crippen LogP contribution >= 0.6 is 11.8 Å². The molecule has 0 radical (unpaired) electrons. The van der Waals surface area contributed by atoms with Crippen molar-refractivity contribution in [1.82, 2.24) is 0 Å². The monoisotopic (exact) mass is 188 g/mol. The van der Waals surface area contributed by atoms with Crippen LogP contribution in [0.1, 0.15) is 48.0 Å². The average molecular weight is 188 g/mol. The van der Waals surface area contributed by atoms with Gasteiger partial charge in [0.2, 0.25) is 0 Å². The molecule has 0 nitrogen and oxygen atoms in total. The normalized spacial score (nSPS) is 17.5. The smallest absolute Gasteiger partial charge is 0.00444 e. The molecule has 0 N–H and O–H groups in total. The van der Waals surface area contributed by atoms with Gasteiger partial charge >= 0.3 is 0 Å². The molecular formula is C11H24S. The van der Waals surface area contributed by atoms with Crippen LogP contribution in [0.5, 0.6) is 0 Å². The molecule has 0 aliphatic rings. The van der Waals surface area contributed by atoms with Gasteiger partial charge in [-0.15, -0.1) is 0 Å². The van der Waals surface area contributed by atoms with Gasteiger partial charge < -0.3 is 0 Å². The fourth-order valence-electron chi connectivity index (χ4n) is 0.878. The van der Waals surface area contributed by atoms with E-state index in [0.29, 0.717) is 5.41 Å². The Kier molecular flexibility index (Phi) is 5.31. The Bertz CT molecular complexity index is 113. The molecule has 0 spiro atoms. The van der Waals surface area contributed by atoms with Crippen molar-refractivity contribution in [3.05, 3.63) is 0 Å².